The van der Waals surface area contributed by atoms with Crippen molar-refractivity contribution >= 4 is 12.6 Å². The highest BCUT2D eigenvalue weighted by Crippen LogP contribution is 2.07. The quantitative estimate of drug-likeness (QED) is 0.472. The fourth-order valence-corrected chi connectivity index (χ4v) is 0.995. The first kappa shape index (κ1) is 8.71. The molecule has 0 bridgehead atoms. The Morgan fingerprint density at radius 1 is 1.42 bits per heavy atom. The van der Waals surface area contributed by atoms with Crippen LogP contribution in [0.5, 0.6) is 0 Å². The van der Waals surface area contributed by atoms with E-state index in [9.17, 15) is 0 Å². The standard InChI is InChI=1S/C10H7NS/c11-7-2-1-4-9-5-3-6-10(12)8-9/h3,5-6,8,12H,2H2. The molecule has 2 heteroatoms. The lowest BCUT2D eigenvalue weighted by Gasteiger charge is -1.90. The highest BCUT2D eigenvalue weighted by Gasteiger charge is 1.86. The lowest BCUT2D eigenvalue weighted by atomic mass is 10.2. The molecule has 1 aromatic rings. The Labute approximate surface area is 77.4 Å². The Bertz CT molecular complexity index is 365. The van der Waals surface area contributed by atoms with Crippen LogP contribution in [-0.4, -0.2) is 0 Å². The van der Waals surface area contributed by atoms with Gasteiger partial charge in [-0.1, -0.05) is 17.9 Å². The molecule has 0 aliphatic carbocycles. The van der Waals surface area contributed by atoms with Gasteiger partial charge < -0.3 is 0 Å². The summed E-state index contributed by atoms with van der Waals surface area (Å²) >= 11 is 4.17. The van der Waals surface area contributed by atoms with E-state index >= 15 is 0 Å². The molecule has 12 heavy (non-hydrogen) atoms. The van der Waals surface area contributed by atoms with Crippen LogP contribution < -0.4 is 0 Å². The van der Waals surface area contributed by atoms with Crippen molar-refractivity contribution in [2.24, 2.45) is 0 Å². The van der Waals surface area contributed by atoms with E-state index < -0.39 is 0 Å². The van der Waals surface area contributed by atoms with Gasteiger partial charge in [0.25, 0.3) is 0 Å². The Morgan fingerprint density at radius 3 is 2.92 bits per heavy atom. The normalized spacial score (nSPS) is 8.00. The van der Waals surface area contributed by atoms with E-state index in [1.54, 1.807) is 0 Å². The number of nitrogens with zero attached hydrogens (tertiary/aromatic N) is 1. The molecule has 1 nitrogen and oxygen atoms in total. The fraction of sp³-hybridized carbons (Fsp3) is 0.100. The predicted octanol–water partition coefficient (Wildman–Crippen LogP) is 2.24. The summed E-state index contributed by atoms with van der Waals surface area (Å²) in [6.45, 7) is 0. The van der Waals surface area contributed by atoms with Gasteiger partial charge in [0.05, 0.1) is 12.5 Å². The van der Waals surface area contributed by atoms with Crippen molar-refractivity contribution in [2.75, 3.05) is 0 Å². The predicted molar refractivity (Wildman–Crippen MR) is 50.8 cm³/mol. The van der Waals surface area contributed by atoms with Crippen molar-refractivity contribution in [3.63, 3.8) is 0 Å². The van der Waals surface area contributed by atoms with E-state index in [-0.39, 0.29) is 6.42 Å². The molecule has 0 aliphatic rings. The Hall–Kier alpha value is -1.38. The van der Waals surface area contributed by atoms with Crippen molar-refractivity contribution in [3.05, 3.63) is 29.8 Å². The van der Waals surface area contributed by atoms with E-state index in [4.69, 9.17) is 5.26 Å². The van der Waals surface area contributed by atoms with Crippen LogP contribution >= 0.6 is 12.6 Å². The number of nitriles is 1. The van der Waals surface area contributed by atoms with Crippen LogP contribution in [0.2, 0.25) is 0 Å². The van der Waals surface area contributed by atoms with Crippen molar-refractivity contribution < 1.29 is 0 Å². The third-order valence-corrected chi connectivity index (χ3v) is 1.52. The summed E-state index contributed by atoms with van der Waals surface area (Å²) in [5, 5.41) is 8.23. The second-order valence-electron chi connectivity index (χ2n) is 2.19. The summed E-state index contributed by atoms with van der Waals surface area (Å²) in [5.74, 6) is 5.60. The SMILES string of the molecule is N#CCC#Cc1cccc(S)c1. The molecule has 0 unspecified atom stereocenters. The van der Waals surface area contributed by atoms with Gasteiger partial charge >= 0.3 is 0 Å². The number of thiol groups is 1. The van der Waals surface area contributed by atoms with Gasteiger partial charge in [0.1, 0.15) is 0 Å². The number of benzene rings is 1. The largest absolute Gasteiger partial charge is 0.197 e. The molecule has 0 saturated heterocycles. The van der Waals surface area contributed by atoms with Gasteiger partial charge in [-0.3, -0.25) is 0 Å². The van der Waals surface area contributed by atoms with Gasteiger partial charge in [-0.05, 0) is 18.2 Å². The van der Waals surface area contributed by atoms with Gasteiger partial charge in [0.2, 0.25) is 0 Å². The molecule has 0 fully saturated rings. The maximum atomic E-state index is 8.23. The lowest BCUT2D eigenvalue weighted by Crippen LogP contribution is -1.72. The zero-order chi connectivity index (χ0) is 8.81. The topological polar surface area (TPSA) is 23.8 Å². The summed E-state index contributed by atoms with van der Waals surface area (Å²) in [4.78, 5) is 0.888. The molecular weight excluding hydrogens is 166 g/mol. The maximum absolute atomic E-state index is 8.23. The summed E-state index contributed by atoms with van der Waals surface area (Å²) < 4.78 is 0. The summed E-state index contributed by atoms with van der Waals surface area (Å²) in [6.07, 6.45) is 0.275. The third kappa shape index (κ3) is 2.70. The van der Waals surface area contributed by atoms with Crippen molar-refractivity contribution in [1.29, 1.82) is 5.26 Å². The first-order chi connectivity index (χ1) is 5.83. The molecule has 0 heterocycles. The van der Waals surface area contributed by atoms with Crippen LogP contribution in [-0.2, 0) is 0 Å². The Balaban J connectivity index is 2.79. The van der Waals surface area contributed by atoms with Crippen molar-refractivity contribution in [1.82, 2.24) is 0 Å². The highest BCUT2D eigenvalue weighted by atomic mass is 32.1. The average Bonchev–Trinajstić information content (AvgIpc) is 2.05. The van der Waals surface area contributed by atoms with Crippen LogP contribution in [0.15, 0.2) is 29.2 Å². The third-order valence-electron chi connectivity index (χ3n) is 1.25. The van der Waals surface area contributed by atoms with Crippen LogP contribution in [0, 0.1) is 23.2 Å². The molecule has 0 aliphatic heterocycles. The molecular formula is C10H7NS. The zero-order valence-electron chi connectivity index (χ0n) is 6.41. The highest BCUT2D eigenvalue weighted by molar-refractivity contribution is 7.80. The first-order valence-corrected chi connectivity index (χ1v) is 3.92. The lowest BCUT2D eigenvalue weighted by molar-refractivity contribution is 1.39. The minimum Gasteiger partial charge on any atom is -0.197 e. The molecule has 0 radical (unpaired) electrons. The number of hydrogen-bond acceptors (Lipinski definition) is 2. The minimum atomic E-state index is 0.275. The second-order valence-corrected chi connectivity index (χ2v) is 2.70. The zero-order valence-corrected chi connectivity index (χ0v) is 7.31. The minimum absolute atomic E-state index is 0.275. The summed E-state index contributed by atoms with van der Waals surface area (Å²) in [7, 11) is 0. The van der Waals surface area contributed by atoms with Crippen molar-refractivity contribution in [2.45, 2.75) is 11.3 Å². The molecule has 1 aromatic carbocycles. The van der Waals surface area contributed by atoms with Gasteiger partial charge in [0, 0.05) is 10.5 Å². The molecule has 58 valence electrons. The molecule has 1 rings (SSSR count). The molecule has 0 saturated carbocycles. The van der Waals surface area contributed by atoms with E-state index in [0.29, 0.717) is 0 Å². The average molecular weight is 173 g/mol. The van der Waals surface area contributed by atoms with Crippen LogP contribution in [0.25, 0.3) is 0 Å². The van der Waals surface area contributed by atoms with Gasteiger partial charge in [-0.25, -0.2) is 0 Å². The molecule has 0 amide bonds. The van der Waals surface area contributed by atoms with Gasteiger partial charge in [-0.2, -0.15) is 5.26 Å². The smallest absolute Gasteiger partial charge is 0.0966 e. The van der Waals surface area contributed by atoms with Gasteiger partial charge in [0.15, 0.2) is 0 Å². The van der Waals surface area contributed by atoms with Crippen LogP contribution in [0.4, 0.5) is 0 Å². The Kier molecular flexibility index (Phi) is 3.26. The van der Waals surface area contributed by atoms with E-state index in [1.807, 2.05) is 30.3 Å². The monoisotopic (exact) mass is 173 g/mol. The fourth-order valence-electron chi connectivity index (χ4n) is 0.769. The van der Waals surface area contributed by atoms with Crippen LogP contribution in [0.1, 0.15) is 12.0 Å². The molecule has 0 spiro atoms. The second kappa shape index (κ2) is 4.49. The molecule has 0 atom stereocenters. The van der Waals surface area contributed by atoms with E-state index in [2.05, 4.69) is 24.5 Å². The number of hydrogen-bond donors (Lipinski definition) is 1. The first-order valence-electron chi connectivity index (χ1n) is 3.48. The number of rotatable bonds is 0. The Morgan fingerprint density at radius 2 is 2.25 bits per heavy atom. The molecule has 0 N–H and O–H groups in total. The maximum Gasteiger partial charge on any atom is 0.0966 e. The van der Waals surface area contributed by atoms with Crippen LogP contribution in [0.3, 0.4) is 0 Å². The van der Waals surface area contributed by atoms with E-state index in [0.717, 1.165) is 10.5 Å². The van der Waals surface area contributed by atoms with Crippen molar-refractivity contribution in [3.8, 4) is 17.9 Å². The van der Waals surface area contributed by atoms with E-state index in [1.165, 1.54) is 0 Å². The summed E-state index contributed by atoms with van der Waals surface area (Å²) in [5.41, 5.74) is 0.901. The molecule has 0 aromatic heterocycles. The summed E-state index contributed by atoms with van der Waals surface area (Å²) in [6, 6.07) is 9.50. The van der Waals surface area contributed by atoms with Gasteiger partial charge in [-0.15, -0.1) is 12.6 Å².